The van der Waals surface area contributed by atoms with Gasteiger partial charge in [0.25, 0.3) is 15.9 Å². The minimum atomic E-state index is -3.95. The second-order valence-corrected chi connectivity index (χ2v) is 9.24. The summed E-state index contributed by atoms with van der Waals surface area (Å²) in [5.41, 5.74) is 0.870. The van der Waals surface area contributed by atoms with E-state index in [4.69, 9.17) is 21.1 Å². The molecule has 172 valence electrons. The Kier molecular flexibility index (Phi) is 7.57. The Morgan fingerprint density at radius 1 is 1.00 bits per heavy atom. The van der Waals surface area contributed by atoms with Crippen LogP contribution in [-0.4, -0.2) is 41.1 Å². The maximum Gasteiger partial charge on any atom is 0.338 e. The van der Waals surface area contributed by atoms with E-state index in [2.05, 4.69) is 5.32 Å². The van der Waals surface area contributed by atoms with Gasteiger partial charge >= 0.3 is 5.97 Å². The molecule has 1 amide bonds. The molecule has 3 aromatic rings. The summed E-state index contributed by atoms with van der Waals surface area (Å²) in [5, 5.41) is 3.00. The first-order valence-electron chi connectivity index (χ1n) is 9.66. The lowest BCUT2D eigenvalue weighted by molar-refractivity contribution is -0.119. The summed E-state index contributed by atoms with van der Waals surface area (Å²) < 4.78 is 37.3. The average molecular weight is 489 g/mol. The minimum absolute atomic E-state index is 0.00485. The van der Waals surface area contributed by atoms with Gasteiger partial charge in [0.2, 0.25) is 0 Å². The van der Waals surface area contributed by atoms with Gasteiger partial charge in [-0.3, -0.25) is 9.10 Å². The summed E-state index contributed by atoms with van der Waals surface area (Å²) in [7, 11) is -1.03. The van der Waals surface area contributed by atoms with Crippen LogP contribution in [0.3, 0.4) is 0 Å². The highest BCUT2D eigenvalue weighted by molar-refractivity contribution is 7.92. The molecular formula is C23H21ClN2O6S. The van der Waals surface area contributed by atoms with Gasteiger partial charge in [0.1, 0.15) is 5.75 Å². The first-order valence-corrected chi connectivity index (χ1v) is 11.5. The number of hydrogen-bond donors (Lipinski definition) is 1. The van der Waals surface area contributed by atoms with Gasteiger partial charge < -0.3 is 14.8 Å². The van der Waals surface area contributed by atoms with Crippen LogP contribution < -0.4 is 14.4 Å². The number of sulfonamides is 1. The van der Waals surface area contributed by atoms with Crippen LogP contribution in [0.15, 0.2) is 77.7 Å². The molecular weight excluding hydrogens is 468 g/mol. The normalized spacial score (nSPS) is 10.9. The summed E-state index contributed by atoms with van der Waals surface area (Å²) in [6.07, 6.45) is 0. The van der Waals surface area contributed by atoms with Gasteiger partial charge in [-0.1, -0.05) is 23.7 Å². The predicted octanol–water partition coefficient (Wildman–Crippen LogP) is 3.97. The molecule has 0 spiro atoms. The van der Waals surface area contributed by atoms with E-state index in [1.165, 1.54) is 38.4 Å². The van der Waals surface area contributed by atoms with Crippen LogP contribution in [0.2, 0.25) is 5.02 Å². The lowest BCUT2D eigenvalue weighted by Crippen LogP contribution is -2.26. The molecule has 0 aliphatic rings. The van der Waals surface area contributed by atoms with Crippen molar-refractivity contribution in [2.45, 2.75) is 4.90 Å². The van der Waals surface area contributed by atoms with Crippen LogP contribution in [0, 0.1) is 0 Å². The third kappa shape index (κ3) is 6.03. The van der Waals surface area contributed by atoms with E-state index < -0.39 is 28.5 Å². The first kappa shape index (κ1) is 24.1. The number of benzene rings is 3. The molecule has 3 aromatic carbocycles. The average Bonchev–Trinajstić information content (AvgIpc) is 2.82. The number of nitrogens with one attached hydrogen (secondary N) is 1. The fourth-order valence-corrected chi connectivity index (χ4v) is 4.28. The number of rotatable bonds is 8. The lowest BCUT2D eigenvalue weighted by Gasteiger charge is -2.20. The lowest BCUT2D eigenvalue weighted by atomic mass is 10.2. The number of methoxy groups -OCH3 is 1. The molecule has 0 bridgehead atoms. The highest BCUT2D eigenvalue weighted by Crippen LogP contribution is 2.25. The Bertz CT molecular complexity index is 1260. The molecule has 0 unspecified atom stereocenters. The highest BCUT2D eigenvalue weighted by atomic mass is 35.5. The van der Waals surface area contributed by atoms with E-state index in [0.29, 0.717) is 22.1 Å². The minimum Gasteiger partial charge on any atom is -0.497 e. The maximum absolute atomic E-state index is 13.0. The van der Waals surface area contributed by atoms with Crippen molar-refractivity contribution in [1.82, 2.24) is 0 Å². The number of ether oxygens (including phenoxy) is 2. The summed E-state index contributed by atoms with van der Waals surface area (Å²) in [4.78, 5) is 24.3. The molecule has 0 atom stereocenters. The number of carbonyl (C=O) groups excluding carboxylic acids is 2. The Morgan fingerprint density at radius 2 is 1.70 bits per heavy atom. The molecule has 0 radical (unpaired) electrons. The van der Waals surface area contributed by atoms with Crippen LogP contribution >= 0.6 is 11.6 Å². The molecule has 1 N–H and O–H groups in total. The molecule has 0 saturated heterocycles. The molecule has 0 aromatic heterocycles. The van der Waals surface area contributed by atoms with Crippen LogP contribution in [0.4, 0.5) is 11.4 Å². The van der Waals surface area contributed by atoms with Gasteiger partial charge in [0, 0.05) is 17.8 Å². The van der Waals surface area contributed by atoms with E-state index in [1.54, 1.807) is 48.5 Å². The van der Waals surface area contributed by atoms with Crippen molar-refractivity contribution in [1.29, 1.82) is 0 Å². The Balaban J connectivity index is 1.68. The fourth-order valence-electron chi connectivity index (χ4n) is 2.85. The molecule has 33 heavy (non-hydrogen) atoms. The molecule has 0 fully saturated rings. The van der Waals surface area contributed by atoms with Crippen molar-refractivity contribution in [3.05, 3.63) is 83.4 Å². The Morgan fingerprint density at radius 3 is 2.36 bits per heavy atom. The molecule has 8 nitrogen and oxygen atoms in total. The number of halogens is 1. The first-order chi connectivity index (χ1) is 15.7. The van der Waals surface area contributed by atoms with Crippen molar-refractivity contribution in [3.63, 3.8) is 0 Å². The zero-order valence-corrected chi connectivity index (χ0v) is 19.4. The SMILES string of the molecule is COc1ccc(N(C)S(=O)(=O)c2cccc(C(=O)OCC(=O)Nc3cccc(Cl)c3)c2)cc1. The third-order valence-corrected chi connectivity index (χ3v) is 6.62. The van der Waals surface area contributed by atoms with E-state index in [9.17, 15) is 18.0 Å². The van der Waals surface area contributed by atoms with Gasteiger partial charge in [-0.2, -0.15) is 0 Å². The van der Waals surface area contributed by atoms with Crippen molar-refractivity contribution >= 4 is 44.9 Å². The third-order valence-electron chi connectivity index (χ3n) is 4.61. The van der Waals surface area contributed by atoms with Crippen LogP contribution in [-0.2, 0) is 19.6 Å². The zero-order chi connectivity index (χ0) is 24.0. The molecule has 0 saturated carbocycles. The molecule has 0 aliphatic carbocycles. The summed E-state index contributed by atoms with van der Waals surface area (Å²) >= 11 is 5.87. The van der Waals surface area contributed by atoms with Crippen LogP contribution in [0.1, 0.15) is 10.4 Å². The van der Waals surface area contributed by atoms with E-state index in [0.717, 1.165) is 4.31 Å². The smallest absolute Gasteiger partial charge is 0.338 e. The van der Waals surface area contributed by atoms with E-state index in [1.807, 2.05) is 0 Å². The van der Waals surface area contributed by atoms with E-state index >= 15 is 0 Å². The zero-order valence-electron chi connectivity index (χ0n) is 17.8. The number of anilines is 2. The molecule has 10 heteroatoms. The molecule has 0 aliphatic heterocycles. The number of hydrogen-bond acceptors (Lipinski definition) is 6. The van der Waals surface area contributed by atoms with Crippen molar-refractivity contribution in [2.24, 2.45) is 0 Å². The fraction of sp³-hybridized carbons (Fsp3) is 0.130. The Labute approximate surface area is 196 Å². The largest absolute Gasteiger partial charge is 0.497 e. The quantitative estimate of drug-likeness (QED) is 0.481. The van der Waals surface area contributed by atoms with Gasteiger partial charge in [0.15, 0.2) is 6.61 Å². The second-order valence-electron chi connectivity index (χ2n) is 6.83. The highest BCUT2D eigenvalue weighted by Gasteiger charge is 2.23. The monoisotopic (exact) mass is 488 g/mol. The van der Waals surface area contributed by atoms with Gasteiger partial charge in [-0.15, -0.1) is 0 Å². The summed E-state index contributed by atoms with van der Waals surface area (Å²) in [5.74, 6) is -0.803. The number of amides is 1. The molecule has 3 rings (SSSR count). The predicted molar refractivity (Wildman–Crippen MR) is 125 cm³/mol. The molecule has 0 heterocycles. The van der Waals surface area contributed by atoms with Crippen molar-refractivity contribution in [3.8, 4) is 5.75 Å². The van der Waals surface area contributed by atoms with Crippen molar-refractivity contribution in [2.75, 3.05) is 30.4 Å². The van der Waals surface area contributed by atoms with Crippen molar-refractivity contribution < 1.29 is 27.5 Å². The van der Waals surface area contributed by atoms with Crippen LogP contribution in [0.5, 0.6) is 5.75 Å². The number of esters is 1. The maximum atomic E-state index is 13.0. The number of nitrogens with zero attached hydrogens (tertiary/aromatic N) is 1. The number of carbonyl (C=O) groups is 2. The van der Waals surface area contributed by atoms with Gasteiger partial charge in [-0.05, 0) is 60.7 Å². The van der Waals surface area contributed by atoms with Crippen LogP contribution in [0.25, 0.3) is 0 Å². The van der Waals surface area contributed by atoms with Gasteiger partial charge in [0.05, 0.1) is 23.3 Å². The topological polar surface area (TPSA) is 102 Å². The second kappa shape index (κ2) is 10.4. The summed E-state index contributed by atoms with van der Waals surface area (Å²) in [6, 6.07) is 18.4. The summed E-state index contributed by atoms with van der Waals surface area (Å²) in [6.45, 7) is -0.548. The van der Waals surface area contributed by atoms with E-state index in [-0.39, 0.29) is 10.5 Å². The Hall–Kier alpha value is -3.56. The van der Waals surface area contributed by atoms with Gasteiger partial charge in [-0.25, -0.2) is 13.2 Å². The standard InChI is InChI=1S/C23H21ClN2O6S/c1-26(19-9-11-20(31-2)12-10-19)33(29,30)21-8-3-5-16(13-21)23(28)32-15-22(27)25-18-7-4-6-17(24)14-18/h3-14H,15H2,1-2H3,(H,25,27).